The highest BCUT2D eigenvalue weighted by atomic mass is 32.1. The molecule has 3 N–H and O–H groups in total. The van der Waals surface area contributed by atoms with Crippen molar-refractivity contribution in [1.29, 1.82) is 0 Å². The summed E-state index contributed by atoms with van der Waals surface area (Å²) in [7, 11) is 0. The molecule has 0 aromatic carbocycles. The van der Waals surface area contributed by atoms with Crippen molar-refractivity contribution in [2.24, 2.45) is 0 Å². The van der Waals surface area contributed by atoms with Crippen molar-refractivity contribution in [1.82, 2.24) is 9.97 Å². The highest BCUT2D eigenvalue weighted by Gasteiger charge is 2.17. The molecule has 98 valence electrons. The lowest BCUT2D eigenvalue weighted by Gasteiger charge is -2.28. The van der Waals surface area contributed by atoms with Gasteiger partial charge >= 0.3 is 0 Å². The van der Waals surface area contributed by atoms with Gasteiger partial charge in [-0.25, -0.2) is 4.98 Å². The number of rotatable bonds is 5. The summed E-state index contributed by atoms with van der Waals surface area (Å²) < 4.78 is 1.05. The van der Waals surface area contributed by atoms with Crippen molar-refractivity contribution in [3.63, 3.8) is 0 Å². The lowest BCUT2D eigenvalue weighted by atomic mass is 10.2. The van der Waals surface area contributed by atoms with E-state index in [1.807, 2.05) is 11.4 Å². The van der Waals surface area contributed by atoms with Gasteiger partial charge in [0, 0.05) is 19.2 Å². The molecule has 0 radical (unpaired) electrons. The van der Waals surface area contributed by atoms with Crippen LogP contribution in [0.4, 0.5) is 11.8 Å². The summed E-state index contributed by atoms with van der Waals surface area (Å²) in [6.07, 6.45) is 0.717. The summed E-state index contributed by atoms with van der Waals surface area (Å²) >= 11 is 1.62. The van der Waals surface area contributed by atoms with Gasteiger partial charge in [-0.05, 0) is 31.7 Å². The number of thiophene rings is 1. The van der Waals surface area contributed by atoms with Gasteiger partial charge in [-0.2, -0.15) is 4.98 Å². The van der Waals surface area contributed by atoms with Gasteiger partial charge in [0.25, 0.3) is 0 Å². The van der Waals surface area contributed by atoms with Gasteiger partial charge in [0.2, 0.25) is 5.95 Å². The van der Waals surface area contributed by atoms with Gasteiger partial charge < -0.3 is 15.7 Å². The van der Waals surface area contributed by atoms with E-state index in [1.54, 1.807) is 11.3 Å². The Kier molecular flexibility index (Phi) is 3.98. The third-order valence-electron chi connectivity index (χ3n) is 2.76. The molecular weight excluding hydrogens is 248 g/mol. The Balaban J connectivity index is 2.45. The first-order valence-corrected chi connectivity index (χ1v) is 6.89. The number of nitrogens with two attached hydrogens (primary N) is 1. The molecule has 0 bridgehead atoms. The quantitative estimate of drug-likeness (QED) is 0.864. The fourth-order valence-corrected chi connectivity index (χ4v) is 2.75. The zero-order chi connectivity index (χ0) is 13.1. The minimum absolute atomic E-state index is 0.178. The minimum Gasteiger partial charge on any atom is -0.396 e. The van der Waals surface area contributed by atoms with Crippen LogP contribution in [0, 0.1) is 0 Å². The molecule has 2 heterocycles. The van der Waals surface area contributed by atoms with Gasteiger partial charge in [0.05, 0.1) is 10.2 Å². The van der Waals surface area contributed by atoms with Gasteiger partial charge in [0.1, 0.15) is 0 Å². The molecule has 2 rings (SSSR count). The number of hydrogen-bond donors (Lipinski definition) is 2. The predicted octanol–water partition coefficient (Wildman–Crippen LogP) is 1.87. The van der Waals surface area contributed by atoms with Crippen LogP contribution in [-0.4, -0.2) is 34.3 Å². The van der Waals surface area contributed by atoms with Crippen molar-refractivity contribution < 1.29 is 5.11 Å². The Hall–Kier alpha value is -1.40. The second-order valence-electron chi connectivity index (χ2n) is 4.40. The first-order valence-electron chi connectivity index (χ1n) is 6.01. The fourth-order valence-electron chi connectivity index (χ4n) is 1.91. The lowest BCUT2D eigenvalue weighted by molar-refractivity contribution is 0.288. The van der Waals surface area contributed by atoms with Gasteiger partial charge in [-0.1, -0.05) is 0 Å². The van der Waals surface area contributed by atoms with Crippen LogP contribution in [0.25, 0.3) is 10.2 Å². The standard InChI is InChI=1S/C12H18N4OS/c1-8(2)16(5-3-6-17)11-10-9(4-7-18-10)14-12(13)15-11/h4,7-8,17H,3,5-6H2,1-2H3,(H2,13,14,15). The Bertz CT molecular complexity index is 526. The number of aliphatic hydroxyl groups excluding tert-OH is 1. The average molecular weight is 266 g/mol. The molecule has 0 aliphatic heterocycles. The second-order valence-corrected chi connectivity index (χ2v) is 5.32. The number of nitrogen functional groups attached to an aromatic ring is 1. The Morgan fingerprint density at radius 1 is 1.44 bits per heavy atom. The van der Waals surface area contributed by atoms with Crippen LogP contribution in [0.15, 0.2) is 11.4 Å². The van der Waals surface area contributed by atoms with E-state index >= 15 is 0 Å². The van der Waals surface area contributed by atoms with E-state index in [4.69, 9.17) is 10.8 Å². The highest BCUT2D eigenvalue weighted by molar-refractivity contribution is 7.17. The largest absolute Gasteiger partial charge is 0.396 e. The second kappa shape index (κ2) is 5.49. The summed E-state index contributed by atoms with van der Waals surface area (Å²) in [5, 5.41) is 11.0. The molecule has 0 fully saturated rings. The maximum Gasteiger partial charge on any atom is 0.222 e. The molecule has 0 saturated heterocycles. The number of nitrogens with zero attached hydrogens (tertiary/aromatic N) is 3. The Morgan fingerprint density at radius 3 is 2.89 bits per heavy atom. The molecule has 0 atom stereocenters. The van der Waals surface area contributed by atoms with Crippen molar-refractivity contribution in [3.8, 4) is 0 Å². The fraction of sp³-hybridized carbons (Fsp3) is 0.500. The van der Waals surface area contributed by atoms with Gasteiger partial charge in [-0.3, -0.25) is 0 Å². The maximum absolute atomic E-state index is 8.99. The van der Waals surface area contributed by atoms with Gasteiger partial charge in [0.15, 0.2) is 5.82 Å². The van der Waals surface area contributed by atoms with Crippen LogP contribution >= 0.6 is 11.3 Å². The Morgan fingerprint density at radius 2 is 2.22 bits per heavy atom. The van der Waals surface area contributed by atoms with Crippen LogP contribution in [0.3, 0.4) is 0 Å². The van der Waals surface area contributed by atoms with Crippen LogP contribution in [0.1, 0.15) is 20.3 Å². The molecule has 2 aromatic heterocycles. The van der Waals surface area contributed by atoms with E-state index in [0.717, 1.165) is 29.0 Å². The van der Waals surface area contributed by atoms with E-state index in [1.165, 1.54) is 0 Å². The molecule has 0 unspecified atom stereocenters. The molecular formula is C12H18N4OS. The third kappa shape index (κ3) is 2.54. The zero-order valence-corrected chi connectivity index (χ0v) is 11.4. The molecule has 0 aliphatic rings. The van der Waals surface area contributed by atoms with E-state index < -0.39 is 0 Å². The van der Waals surface area contributed by atoms with E-state index in [2.05, 4.69) is 28.7 Å². The maximum atomic E-state index is 8.99. The number of hydrogen-bond acceptors (Lipinski definition) is 6. The van der Waals surface area contributed by atoms with E-state index in [-0.39, 0.29) is 6.61 Å². The number of aromatic nitrogens is 2. The zero-order valence-electron chi connectivity index (χ0n) is 10.6. The van der Waals surface area contributed by atoms with Gasteiger partial charge in [-0.15, -0.1) is 11.3 Å². The SMILES string of the molecule is CC(C)N(CCCO)c1nc(N)nc2ccsc12. The van der Waals surface area contributed by atoms with Crippen molar-refractivity contribution in [2.75, 3.05) is 23.8 Å². The van der Waals surface area contributed by atoms with Crippen molar-refractivity contribution in [3.05, 3.63) is 11.4 Å². The summed E-state index contributed by atoms with van der Waals surface area (Å²) in [4.78, 5) is 10.7. The molecule has 0 saturated carbocycles. The average Bonchev–Trinajstić information content (AvgIpc) is 2.76. The lowest BCUT2D eigenvalue weighted by Crippen LogP contribution is -2.33. The van der Waals surface area contributed by atoms with Crippen molar-refractivity contribution >= 4 is 33.3 Å². The van der Waals surface area contributed by atoms with E-state index in [0.29, 0.717) is 12.0 Å². The normalized spacial score (nSPS) is 11.3. The monoisotopic (exact) mass is 266 g/mol. The highest BCUT2D eigenvalue weighted by Crippen LogP contribution is 2.30. The van der Waals surface area contributed by atoms with E-state index in [9.17, 15) is 0 Å². The topological polar surface area (TPSA) is 75.3 Å². The summed E-state index contributed by atoms with van der Waals surface area (Å²) in [5.74, 6) is 1.17. The van der Waals surface area contributed by atoms with Crippen LogP contribution in [-0.2, 0) is 0 Å². The van der Waals surface area contributed by atoms with Crippen LogP contribution < -0.4 is 10.6 Å². The Labute approximate surface area is 110 Å². The van der Waals surface area contributed by atoms with Crippen molar-refractivity contribution in [2.45, 2.75) is 26.3 Å². The molecule has 5 nitrogen and oxygen atoms in total. The first kappa shape index (κ1) is 13.0. The predicted molar refractivity (Wildman–Crippen MR) is 76.0 cm³/mol. The minimum atomic E-state index is 0.178. The third-order valence-corrected chi connectivity index (χ3v) is 3.66. The number of aliphatic hydroxyl groups is 1. The van der Waals surface area contributed by atoms with Crippen LogP contribution in [0.2, 0.25) is 0 Å². The molecule has 2 aromatic rings. The molecule has 6 heteroatoms. The summed E-state index contributed by atoms with van der Waals surface area (Å²) in [6.45, 7) is 5.15. The first-order chi connectivity index (χ1) is 8.63. The molecule has 0 amide bonds. The number of fused-ring (bicyclic) bond motifs is 1. The molecule has 0 spiro atoms. The number of anilines is 2. The molecule has 18 heavy (non-hydrogen) atoms. The smallest absolute Gasteiger partial charge is 0.222 e. The van der Waals surface area contributed by atoms with Crippen LogP contribution in [0.5, 0.6) is 0 Å². The summed E-state index contributed by atoms with van der Waals surface area (Å²) in [5.41, 5.74) is 6.64. The summed E-state index contributed by atoms with van der Waals surface area (Å²) in [6, 6.07) is 2.25. The molecule has 0 aliphatic carbocycles.